The minimum atomic E-state index is -0.581. The summed E-state index contributed by atoms with van der Waals surface area (Å²) in [5.74, 6) is -0.379. The Balaban J connectivity index is 2.26. The summed E-state index contributed by atoms with van der Waals surface area (Å²) in [4.78, 5) is 28.2. The first kappa shape index (κ1) is 17.7. The number of primary amides is 1. The standard InChI is InChI=1S/C17H22N4O3/c1-2-24-10-6-9-19-16-17(23)21(12-15(18)22)14(11-20-16)13-7-4-3-5-8-13/h3-5,7-8,11H,2,6,9-10,12H2,1H3,(H2,18,22)(H,19,20). The summed E-state index contributed by atoms with van der Waals surface area (Å²) in [5, 5.41) is 2.99. The highest BCUT2D eigenvalue weighted by atomic mass is 16.5. The molecule has 0 radical (unpaired) electrons. The predicted octanol–water partition coefficient (Wildman–Crippen LogP) is 1.23. The molecule has 0 bridgehead atoms. The number of anilines is 1. The molecule has 7 heteroatoms. The third-order valence-electron chi connectivity index (χ3n) is 3.40. The van der Waals surface area contributed by atoms with Gasteiger partial charge in [0.2, 0.25) is 5.91 Å². The highest BCUT2D eigenvalue weighted by Gasteiger charge is 2.13. The van der Waals surface area contributed by atoms with E-state index in [2.05, 4.69) is 10.3 Å². The number of carbonyl (C=O) groups is 1. The molecule has 0 aliphatic carbocycles. The van der Waals surface area contributed by atoms with Crippen LogP contribution in [0.25, 0.3) is 11.3 Å². The van der Waals surface area contributed by atoms with Gasteiger partial charge in [-0.1, -0.05) is 30.3 Å². The van der Waals surface area contributed by atoms with E-state index in [1.54, 1.807) is 6.20 Å². The third-order valence-corrected chi connectivity index (χ3v) is 3.40. The number of nitrogens with one attached hydrogen (secondary N) is 1. The lowest BCUT2D eigenvalue weighted by molar-refractivity contribution is -0.118. The number of rotatable bonds is 9. The zero-order valence-electron chi connectivity index (χ0n) is 13.7. The van der Waals surface area contributed by atoms with Gasteiger partial charge in [-0.05, 0) is 18.9 Å². The van der Waals surface area contributed by atoms with Crippen molar-refractivity contribution in [3.63, 3.8) is 0 Å². The summed E-state index contributed by atoms with van der Waals surface area (Å²) < 4.78 is 6.59. The first-order chi connectivity index (χ1) is 11.6. The summed E-state index contributed by atoms with van der Waals surface area (Å²) in [5.41, 5.74) is 6.27. The highest BCUT2D eigenvalue weighted by Crippen LogP contribution is 2.17. The van der Waals surface area contributed by atoms with Crippen molar-refractivity contribution in [1.82, 2.24) is 9.55 Å². The number of benzene rings is 1. The fourth-order valence-electron chi connectivity index (χ4n) is 2.29. The van der Waals surface area contributed by atoms with E-state index in [0.717, 1.165) is 12.0 Å². The van der Waals surface area contributed by atoms with E-state index < -0.39 is 5.91 Å². The monoisotopic (exact) mass is 330 g/mol. The molecule has 0 spiro atoms. The molecule has 1 aromatic heterocycles. The number of aromatic nitrogens is 2. The van der Waals surface area contributed by atoms with Gasteiger partial charge in [0.25, 0.3) is 5.56 Å². The Hall–Kier alpha value is -2.67. The van der Waals surface area contributed by atoms with Crippen LogP contribution in [-0.4, -0.2) is 35.2 Å². The number of nitrogens with two attached hydrogens (primary N) is 1. The van der Waals surface area contributed by atoms with Crippen LogP contribution >= 0.6 is 0 Å². The van der Waals surface area contributed by atoms with Crippen LogP contribution in [0.4, 0.5) is 5.82 Å². The van der Waals surface area contributed by atoms with Gasteiger partial charge in [-0.25, -0.2) is 4.98 Å². The largest absolute Gasteiger partial charge is 0.382 e. The Bertz CT molecular complexity index is 728. The van der Waals surface area contributed by atoms with Gasteiger partial charge in [-0.15, -0.1) is 0 Å². The van der Waals surface area contributed by atoms with Gasteiger partial charge in [0.15, 0.2) is 5.82 Å². The zero-order chi connectivity index (χ0) is 17.4. The minimum absolute atomic E-state index is 0.195. The third kappa shape index (κ3) is 4.66. The number of ether oxygens (including phenoxy) is 1. The van der Waals surface area contributed by atoms with Gasteiger partial charge in [-0.3, -0.25) is 14.2 Å². The molecule has 128 valence electrons. The second-order valence-electron chi connectivity index (χ2n) is 5.19. The van der Waals surface area contributed by atoms with E-state index in [9.17, 15) is 9.59 Å². The number of hydrogen-bond donors (Lipinski definition) is 2. The van der Waals surface area contributed by atoms with Crippen LogP contribution in [0.2, 0.25) is 0 Å². The van der Waals surface area contributed by atoms with E-state index in [1.807, 2.05) is 37.3 Å². The molecule has 0 aliphatic rings. The first-order valence-corrected chi connectivity index (χ1v) is 7.88. The van der Waals surface area contributed by atoms with Crippen molar-refractivity contribution in [3.8, 4) is 11.3 Å². The van der Waals surface area contributed by atoms with E-state index in [-0.39, 0.29) is 17.9 Å². The number of nitrogens with zero attached hydrogens (tertiary/aromatic N) is 2. The van der Waals surface area contributed by atoms with Crippen LogP contribution in [0.5, 0.6) is 0 Å². The summed E-state index contributed by atoms with van der Waals surface area (Å²) in [6.07, 6.45) is 2.33. The lowest BCUT2D eigenvalue weighted by Crippen LogP contribution is -2.31. The zero-order valence-corrected chi connectivity index (χ0v) is 13.7. The van der Waals surface area contributed by atoms with Crippen molar-refractivity contribution >= 4 is 11.7 Å². The quantitative estimate of drug-likeness (QED) is 0.674. The van der Waals surface area contributed by atoms with Crippen molar-refractivity contribution in [3.05, 3.63) is 46.9 Å². The van der Waals surface area contributed by atoms with Crippen molar-refractivity contribution in [2.45, 2.75) is 19.9 Å². The lowest BCUT2D eigenvalue weighted by Gasteiger charge is -2.13. The molecule has 24 heavy (non-hydrogen) atoms. The van der Waals surface area contributed by atoms with Gasteiger partial charge < -0.3 is 15.8 Å². The Morgan fingerprint density at radius 3 is 2.75 bits per heavy atom. The Kier molecular flexibility index (Phi) is 6.51. The molecule has 3 N–H and O–H groups in total. The highest BCUT2D eigenvalue weighted by molar-refractivity contribution is 5.75. The summed E-state index contributed by atoms with van der Waals surface area (Å²) in [6, 6.07) is 9.29. The van der Waals surface area contributed by atoms with E-state index in [1.165, 1.54) is 4.57 Å². The predicted molar refractivity (Wildman–Crippen MR) is 92.7 cm³/mol. The second kappa shape index (κ2) is 8.83. The average Bonchev–Trinajstić information content (AvgIpc) is 2.58. The van der Waals surface area contributed by atoms with Crippen LogP contribution in [-0.2, 0) is 16.1 Å². The Morgan fingerprint density at radius 2 is 2.08 bits per heavy atom. The van der Waals surface area contributed by atoms with E-state index in [0.29, 0.717) is 25.5 Å². The van der Waals surface area contributed by atoms with Crippen molar-refractivity contribution in [1.29, 1.82) is 0 Å². The fourth-order valence-corrected chi connectivity index (χ4v) is 2.29. The maximum absolute atomic E-state index is 12.6. The van der Waals surface area contributed by atoms with Gasteiger partial charge in [0.1, 0.15) is 6.54 Å². The minimum Gasteiger partial charge on any atom is -0.382 e. The molecule has 1 amide bonds. The topological polar surface area (TPSA) is 99.2 Å². The van der Waals surface area contributed by atoms with Crippen LogP contribution in [0, 0.1) is 0 Å². The molecule has 0 fully saturated rings. The molecule has 2 aromatic rings. The molecule has 0 atom stereocenters. The van der Waals surface area contributed by atoms with Crippen LogP contribution in [0.15, 0.2) is 41.3 Å². The van der Waals surface area contributed by atoms with E-state index in [4.69, 9.17) is 10.5 Å². The maximum atomic E-state index is 12.6. The van der Waals surface area contributed by atoms with Gasteiger partial charge in [0, 0.05) is 19.8 Å². The summed E-state index contributed by atoms with van der Waals surface area (Å²) >= 11 is 0. The average molecular weight is 330 g/mol. The van der Waals surface area contributed by atoms with Crippen LogP contribution in [0.3, 0.4) is 0 Å². The normalized spacial score (nSPS) is 10.5. The smallest absolute Gasteiger partial charge is 0.294 e. The molecular weight excluding hydrogens is 308 g/mol. The Morgan fingerprint density at radius 1 is 1.33 bits per heavy atom. The second-order valence-corrected chi connectivity index (χ2v) is 5.19. The molecule has 7 nitrogen and oxygen atoms in total. The van der Waals surface area contributed by atoms with Crippen LogP contribution < -0.4 is 16.6 Å². The molecule has 1 aromatic carbocycles. The maximum Gasteiger partial charge on any atom is 0.294 e. The lowest BCUT2D eigenvalue weighted by atomic mass is 10.1. The number of carbonyl (C=O) groups excluding carboxylic acids is 1. The fraction of sp³-hybridized carbons (Fsp3) is 0.353. The van der Waals surface area contributed by atoms with Crippen molar-refractivity contribution in [2.75, 3.05) is 25.1 Å². The summed E-state index contributed by atoms with van der Waals surface area (Å²) in [7, 11) is 0. The van der Waals surface area contributed by atoms with E-state index >= 15 is 0 Å². The molecule has 0 aliphatic heterocycles. The molecule has 1 heterocycles. The first-order valence-electron chi connectivity index (χ1n) is 7.88. The van der Waals surface area contributed by atoms with Crippen molar-refractivity contribution < 1.29 is 9.53 Å². The SMILES string of the molecule is CCOCCCNc1ncc(-c2ccccc2)n(CC(N)=O)c1=O. The van der Waals surface area contributed by atoms with Crippen molar-refractivity contribution in [2.24, 2.45) is 5.73 Å². The van der Waals surface area contributed by atoms with Gasteiger partial charge in [-0.2, -0.15) is 0 Å². The number of hydrogen-bond acceptors (Lipinski definition) is 5. The van der Waals surface area contributed by atoms with Gasteiger partial charge >= 0.3 is 0 Å². The molecule has 0 saturated heterocycles. The molecule has 2 rings (SSSR count). The van der Waals surface area contributed by atoms with Crippen LogP contribution in [0.1, 0.15) is 13.3 Å². The Labute approximate surface area is 140 Å². The summed E-state index contributed by atoms with van der Waals surface area (Å²) in [6.45, 7) is 3.57. The van der Waals surface area contributed by atoms with Gasteiger partial charge in [0.05, 0.1) is 11.9 Å². The molecule has 0 saturated carbocycles. The molecule has 0 unspecified atom stereocenters. The molecular formula is C17H22N4O3. The number of amides is 1.